The monoisotopic (exact) mass is 377 g/mol. The number of rotatable bonds is 4. The number of hydrogen-bond acceptors (Lipinski definition) is 3. The van der Waals surface area contributed by atoms with Gasteiger partial charge in [0.2, 0.25) is 0 Å². The van der Waals surface area contributed by atoms with Crippen LogP contribution in [0.4, 0.5) is 0 Å². The van der Waals surface area contributed by atoms with Gasteiger partial charge < -0.3 is 15.2 Å². The lowest BCUT2D eigenvalue weighted by Crippen LogP contribution is -2.59. The van der Waals surface area contributed by atoms with Gasteiger partial charge in [0.05, 0.1) is 18.3 Å². The lowest BCUT2D eigenvalue weighted by atomic mass is 9.44. The van der Waals surface area contributed by atoms with Gasteiger partial charge >= 0.3 is 0 Å². The Bertz CT molecular complexity index is 542. The molecule has 0 aliphatic heterocycles. The van der Waals surface area contributed by atoms with Gasteiger partial charge in [-0.05, 0) is 120 Å². The van der Waals surface area contributed by atoms with Gasteiger partial charge in [0, 0.05) is 6.04 Å². The molecule has 156 valence electrons. The van der Waals surface area contributed by atoms with Gasteiger partial charge in [-0.15, -0.1) is 0 Å². The van der Waals surface area contributed by atoms with Crippen molar-refractivity contribution < 1.29 is 9.84 Å². The summed E-state index contributed by atoms with van der Waals surface area (Å²) in [5, 5.41) is 14.5. The van der Waals surface area contributed by atoms with E-state index in [1.807, 2.05) is 0 Å². The number of hydrogen-bond donors (Lipinski definition) is 2. The Morgan fingerprint density at radius 1 is 1.00 bits per heavy atom. The van der Waals surface area contributed by atoms with Gasteiger partial charge in [0.25, 0.3) is 0 Å². The fraction of sp³-hybridized carbons (Fsp3) is 1.00. The van der Waals surface area contributed by atoms with Crippen molar-refractivity contribution in [3.8, 4) is 0 Å². The second-order valence-electron chi connectivity index (χ2n) is 11.4. The summed E-state index contributed by atoms with van der Waals surface area (Å²) < 4.78 is 6.34. The summed E-state index contributed by atoms with van der Waals surface area (Å²) >= 11 is 0. The first-order chi connectivity index (χ1) is 12.7. The molecule has 0 bridgehead atoms. The largest absolute Gasteiger partial charge is 0.390 e. The SMILES string of the molecule is CNC1CC[C@H]2[C@@H]3CC[C@@H]4C[C@](C)(O)CC[C@]4(COC(C)C)[C@H]3CC[C@]12C. The summed E-state index contributed by atoms with van der Waals surface area (Å²) in [5.41, 5.74) is 0.337. The quantitative estimate of drug-likeness (QED) is 0.741. The third-order valence-corrected chi connectivity index (χ3v) is 9.69. The summed E-state index contributed by atoms with van der Waals surface area (Å²) in [4.78, 5) is 0. The first-order valence-corrected chi connectivity index (χ1v) is 11.7. The topological polar surface area (TPSA) is 41.5 Å². The highest BCUT2D eigenvalue weighted by Crippen LogP contribution is 2.67. The predicted molar refractivity (Wildman–Crippen MR) is 111 cm³/mol. The van der Waals surface area contributed by atoms with E-state index in [0.29, 0.717) is 28.9 Å². The molecule has 4 saturated carbocycles. The van der Waals surface area contributed by atoms with Gasteiger partial charge in [-0.3, -0.25) is 0 Å². The Hall–Kier alpha value is -0.120. The van der Waals surface area contributed by atoms with Crippen molar-refractivity contribution in [2.45, 2.75) is 103 Å². The molecule has 0 radical (unpaired) electrons. The molecule has 8 atom stereocenters. The van der Waals surface area contributed by atoms with Crippen LogP contribution in [-0.4, -0.2) is 36.5 Å². The average Bonchev–Trinajstić information content (AvgIpc) is 2.96. The number of ether oxygens (including phenoxy) is 1. The zero-order chi connectivity index (χ0) is 19.4. The van der Waals surface area contributed by atoms with Crippen molar-refractivity contribution in [1.29, 1.82) is 0 Å². The van der Waals surface area contributed by atoms with Gasteiger partial charge in [-0.1, -0.05) is 6.92 Å². The minimum atomic E-state index is -0.466. The molecule has 4 rings (SSSR count). The van der Waals surface area contributed by atoms with E-state index in [-0.39, 0.29) is 0 Å². The highest BCUT2D eigenvalue weighted by atomic mass is 16.5. The Morgan fingerprint density at radius 3 is 2.48 bits per heavy atom. The molecule has 0 saturated heterocycles. The molecule has 4 fully saturated rings. The lowest BCUT2D eigenvalue weighted by Gasteiger charge is -2.62. The normalized spacial score (nSPS) is 52.3. The molecular formula is C24H43NO2. The predicted octanol–water partition coefficient (Wildman–Crippen LogP) is 4.77. The minimum Gasteiger partial charge on any atom is -0.390 e. The van der Waals surface area contributed by atoms with Crippen LogP contribution in [0.15, 0.2) is 0 Å². The maximum absolute atomic E-state index is 10.8. The highest BCUT2D eigenvalue weighted by molar-refractivity contribution is 5.12. The van der Waals surface area contributed by atoms with Crippen LogP contribution in [0.25, 0.3) is 0 Å². The average molecular weight is 378 g/mol. The molecule has 0 heterocycles. The third-order valence-electron chi connectivity index (χ3n) is 9.69. The van der Waals surface area contributed by atoms with Crippen LogP contribution < -0.4 is 5.32 Å². The van der Waals surface area contributed by atoms with Crippen LogP contribution in [0.5, 0.6) is 0 Å². The van der Waals surface area contributed by atoms with Gasteiger partial charge in [-0.2, -0.15) is 0 Å². The van der Waals surface area contributed by atoms with E-state index in [9.17, 15) is 5.11 Å². The number of aliphatic hydroxyl groups is 1. The van der Waals surface area contributed by atoms with Crippen molar-refractivity contribution in [3.63, 3.8) is 0 Å². The minimum absolute atomic E-state index is 0.303. The molecule has 2 N–H and O–H groups in total. The second kappa shape index (κ2) is 6.99. The van der Waals surface area contributed by atoms with Crippen molar-refractivity contribution >= 4 is 0 Å². The molecule has 3 heteroatoms. The van der Waals surface area contributed by atoms with E-state index >= 15 is 0 Å². The second-order valence-corrected chi connectivity index (χ2v) is 11.4. The Morgan fingerprint density at radius 2 is 1.78 bits per heavy atom. The Balaban J connectivity index is 1.63. The zero-order valence-electron chi connectivity index (χ0n) is 18.4. The van der Waals surface area contributed by atoms with E-state index in [0.717, 1.165) is 43.6 Å². The van der Waals surface area contributed by atoms with Gasteiger partial charge in [0.1, 0.15) is 0 Å². The Kier molecular flexibility index (Phi) is 5.22. The molecule has 0 spiro atoms. The first-order valence-electron chi connectivity index (χ1n) is 11.7. The molecule has 0 aromatic heterocycles. The molecule has 0 aromatic carbocycles. The zero-order valence-corrected chi connectivity index (χ0v) is 18.4. The molecule has 3 nitrogen and oxygen atoms in total. The molecular weight excluding hydrogens is 334 g/mol. The molecule has 4 aliphatic rings. The molecule has 27 heavy (non-hydrogen) atoms. The molecule has 0 aromatic rings. The standard InChI is InChI=1S/C24H43NO2/c1-16(2)27-15-24-13-12-22(3,26)14-17(24)6-7-18-19-8-9-21(25-5)23(19,4)11-10-20(18)24/h16-21,25-26H,6-15H2,1-5H3/t17-,18+,19+,20+,21?,22-,23+,24-/m1/s1. The summed E-state index contributed by atoms with van der Waals surface area (Å²) in [5.74, 6) is 3.21. The maximum atomic E-state index is 10.8. The first kappa shape index (κ1) is 20.2. The highest BCUT2D eigenvalue weighted by Gasteiger charge is 2.62. The summed E-state index contributed by atoms with van der Waals surface area (Å²) in [6.07, 6.45) is 11.6. The summed E-state index contributed by atoms with van der Waals surface area (Å²) in [7, 11) is 2.17. The van der Waals surface area contributed by atoms with E-state index in [2.05, 4.69) is 40.1 Å². The van der Waals surface area contributed by atoms with Crippen LogP contribution in [0.3, 0.4) is 0 Å². The van der Waals surface area contributed by atoms with E-state index in [1.54, 1.807) is 0 Å². The summed E-state index contributed by atoms with van der Waals surface area (Å²) in [6.45, 7) is 9.93. The molecule has 1 unspecified atom stereocenters. The van der Waals surface area contributed by atoms with E-state index in [4.69, 9.17) is 4.74 Å². The fourth-order valence-corrected chi connectivity index (χ4v) is 8.31. The molecule has 0 amide bonds. The van der Waals surface area contributed by atoms with Crippen LogP contribution in [0, 0.1) is 34.5 Å². The van der Waals surface area contributed by atoms with Crippen molar-refractivity contribution in [2.24, 2.45) is 34.5 Å². The van der Waals surface area contributed by atoms with Crippen LogP contribution in [0.2, 0.25) is 0 Å². The van der Waals surface area contributed by atoms with Crippen LogP contribution >= 0.6 is 0 Å². The maximum Gasteiger partial charge on any atom is 0.0622 e. The Labute approximate surface area is 167 Å². The van der Waals surface area contributed by atoms with Crippen molar-refractivity contribution in [1.82, 2.24) is 5.32 Å². The van der Waals surface area contributed by atoms with Gasteiger partial charge in [-0.25, -0.2) is 0 Å². The fourth-order valence-electron chi connectivity index (χ4n) is 8.31. The third kappa shape index (κ3) is 3.20. The van der Waals surface area contributed by atoms with Crippen molar-refractivity contribution in [3.05, 3.63) is 0 Å². The number of fused-ring (bicyclic) bond motifs is 5. The van der Waals surface area contributed by atoms with Crippen LogP contribution in [-0.2, 0) is 4.74 Å². The lowest BCUT2D eigenvalue weighted by molar-refractivity contribution is -0.181. The van der Waals surface area contributed by atoms with E-state index < -0.39 is 5.60 Å². The van der Waals surface area contributed by atoms with Gasteiger partial charge in [0.15, 0.2) is 0 Å². The summed E-state index contributed by atoms with van der Waals surface area (Å²) in [6, 6.07) is 0.705. The smallest absolute Gasteiger partial charge is 0.0622 e. The number of nitrogens with one attached hydrogen (secondary N) is 1. The van der Waals surface area contributed by atoms with E-state index in [1.165, 1.54) is 38.5 Å². The molecule has 4 aliphatic carbocycles. The van der Waals surface area contributed by atoms with Crippen molar-refractivity contribution in [2.75, 3.05) is 13.7 Å². The van der Waals surface area contributed by atoms with Crippen LogP contribution in [0.1, 0.15) is 85.5 Å².